The van der Waals surface area contributed by atoms with E-state index in [0.29, 0.717) is 13.0 Å². The molecule has 1 aliphatic rings. The molecule has 2 unspecified atom stereocenters. The molecule has 1 aliphatic heterocycles. The van der Waals surface area contributed by atoms with Crippen LogP contribution in [-0.4, -0.2) is 30.7 Å². The van der Waals surface area contributed by atoms with E-state index < -0.39 is 6.04 Å². The Morgan fingerprint density at radius 3 is 3.07 bits per heavy atom. The Hall–Kier alpha value is -0.870. The molecule has 1 amide bonds. The van der Waals surface area contributed by atoms with E-state index in [9.17, 15) is 4.79 Å². The summed E-state index contributed by atoms with van der Waals surface area (Å²) in [5, 5.41) is 2.81. The van der Waals surface area contributed by atoms with E-state index >= 15 is 0 Å². The molecular weight excluding hydrogens is 192 g/mol. The SMILES string of the molecule is C=CCC(N)C(=O)NCC1(C)CCCO1. The normalized spacial score (nSPS) is 27.3. The molecule has 1 fully saturated rings. The van der Waals surface area contributed by atoms with Crippen molar-refractivity contribution in [1.29, 1.82) is 0 Å². The van der Waals surface area contributed by atoms with Gasteiger partial charge in [0.25, 0.3) is 0 Å². The molecule has 15 heavy (non-hydrogen) atoms. The van der Waals surface area contributed by atoms with Crippen molar-refractivity contribution in [2.45, 2.75) is 37.8 Å². The zero-order valence-corrected chi connectivity index (χ0v) is 9.29. The predicted molar refractivity (Wildman–Crippen MR) is 59.4 cm³/mol. The van der Waals surface area contributed by atoms with Gasteiger partial charge in [-0.15, -0.1) is 6.58 Å². The van der Waals surface area contributed by atoms with Gasteiger partial charge in [-0.05, 0) is 26.2 Å². The second kappa shape index (κ2) is 5.28. The second-order valence-electron chi connectivity index (χ2n) is 4.25. The molecular formula is C11H20N2O2. The summed E-state index contributed by atoms with van der Waals surface area (Å²) < 4.78 is 5.55. The molecule has 0 aromatic rings. The maximum absolute atomic E-state index is 11.5. The Morgan fingerprint density at radius 1 is 1.80 bits per heavy atom. The number of rotatable bonds is 5. The minimum absolute atomic E-state index is 0.133. The van der Waals surface area contributed by atoms with E-state index in [-0.39, 0.29) is 11.5 Å². The standard InChI is InChI=1S/C11H20N2O2/c1-3-5-9(12)10(14)13-8-11(2)6-4-7-15-11/h3,9H,1,4-8,12H2,2H3,(H,13,14). The highest BCUT2D eigenvalue weighted by Gasteiger charge is 2.30. The second-order valence-corrected chi connectivity index (χ2v) is 4.25. The molecule has 0 saturated carbocycles. The minimum Gasteiger partial charge on any atom is -0.373 e. The van der Waals surface area contributed by atoms with Gasteiger partial charge in [-0.3, -0.25) is 4.79 Å². The fraction of sp³-hybridized carbons (Fsp3) is 0.727. The first-order valence-corrected chi connectivity index (χ1v) is 5.35. The highest BCUT2D eigenvalue weighted by Crippen LogP contribution is 2.23. The maximum Gasteiger partial charge on any atom is 0.237 e. The summed E-state index contributed by atoms with van der Waals surface area (Å²) in [7, 11) is 0. The minimum atomic E-state index is -0.493. The van der Waals surface area contributed by atoms with Crippen LogP contribution in [0.4, 0.5) is 0 Å². The van der Waals surface area contributed by atoms with Crippen molar-refractivity contribution in [1.82, 2.24) is 5.32 Å². The van der Waals surface area contributed by atoms with Gasteiger partial charge in [-0.1, -0.05) is 6.08 Å². The molecule has 0 aromatic heterocycles. The molecule has 0 bridgehead atoms. The number of carbonyl (C=O) groups excluding carboxylic acids is 1. The molecule has 0 radical (unpaired) electrons. The van der Waals surface area contributed by atoms with Crippen LogP contribution in [-0.2, 0) is 9.53 Å². The lowest BCUT2D eigenvalue weighted by atomic mass is 10.0. The zero-order valence-electron chi connectivity index (χ0n) is 9.29. The van der Waals surface area contributed by atoms with Gasteiger partial charge in [-0.2, -0.15) is 0 Å². The largest absolute Gasteiger partial charge is 0.373 e. The fourth-order valence-electron chi connectivity index (χ4n) is 1.67. The Balaban J connectivity index is 2.29. The summed E-state index contributed by atoms with van der Waals surface area (Å²) in [6.45, 7) is 6.88. The van der Waals surface area contributed by atoms with Gasteiger partial charge in [0, 0.05) is 13.2 Å². The highest BCUT2D eigenvalue weighted by molar-refractivity contribution is 5.81. The summed E-state index contributed by atoms with van der Waals surface area (Å²) in [5.74, 6) is -0.133. The number of carbonyl (C=O) groups is 1. The number of hydrogen-bond acceptors (Lipinski definition) is 3. The fourth-order valence-corrected chi connectivity index (χ4v) is 1.67. The third kappa shape index (κ3) is 3.64. The van der Waals surface area contributed by atoms with Crippen molar-refractivity contribution in [2.24, 2.45) is 5.73 Å². The quantitative estimate of drug-likeness (QED) is 0.655. The van der Waals surface area contributed by atoms with Crippen molar-refractivity contribution in [3.8, 4) is 0 Å². The van der Waals surface area contributed by atoms with Crippen molar-refractivity contribution in [3.05, 3.63) is 12.7 Å². The van der Waals surface area contributed by atoms with Crippen molar-refractivity contribution < 1.29 is 9.53 Å². The molecule has 0 spiro atoms. The van der Waals surface area contributed by atoms with Crippen LogP contribution in [0.5, 0.6) is 0 Å². The number of nitrogens with one attached hydrogen (secondary N) is 1. The summed E-state index contributed by atoms with van der Waals surface area (Å²) in [6.07, 6.45) is 4.20. The Labute approximate surface area is 90.9 Å². The lowest BCUT2D eigenvalue weighted by molar-refractivity contribution is -0.123. The monoisotopic (exact) mass is 212 g/mol. The van der Waals surface area contributed by atoms with Crippen LogP contribution in [0.25, 0.3) is 0 Å². The van der Waals surface area contributed by atoms with Crippen LogP contribution >= 0.6 is 0 Å². The topological polar surface area (TPSA) is 64.4 Å². The van der Waals surface area contributed by atoms with E-state index in [4.69, 9.17) is 10.5 Å². The van der Waals surface area contributed by atoms with Gasteiger partial charge < -0.3 is 15.8 Å². The lowest BCUT2D eigenvalue weighted by Gasteiger charge is -2.24. The Kier molecular flexibility index (Phi) is 4.29. The van der Waals surface area contributed by atoms with Gasteiger partial charge in [0.05, 0.1) is 11.6 Å². The van der Waals surface area contributed by atoms with E-state index in [2.05, 4.69) is 11.9 Å². The molecule has 2 atom stereocenters. The predicted octanol–water partition coefficient (Wildman–Crippen LogP) is 0.575. The Bertz CT molecular complexity index is 235. The van der Waals surface area contributed by atoms with Crippen LogP contribution < -0.4 is 11.1 Å². The number of ether oxygens (including phenoxy) is 1. The summed E-state index contributed by atoms with van der Waals surface area (Å²) >= 11 is 0. The summed E-state index contributed by atoms with van der Waals surface area (Å²) in [6, 6.07) is -0.493. The first kappa shape index (κ1) is 12.2. The molecule has 4 nitrogen and oxygen atoms in total. The van der Waals surface area contributed by atoms with E-state index in [1.54, 1.807) is 6.08 Å². The van der Waals surface area contributed by atoms with Crippen LogP contribution in [0.1, 0.15) is 26.2 Å². The van der Waals surface area contributed by atoms with Gasteiger partial charge in [-0.25, -0.2) is 0 Å². The molecule has 0 aromatic carbocycles. The van der Waals surface area contributed by atoms with Crippen LogP contribution in [0.3, 0.4) is 0 Å². The molecule has 0 aliphatic carbocycles. The van der Waals surface area contributed by atoms with Crippen LogP contribution in [0.15, 0.2) is 12.7 Å². The first-order chi connectivity index (χ1) is 7.07. The summed E-state index contributed by atoms with van der Waals surface area (Å²) in [5.41, 5.74) is 5.43. The number of amides is 1. The van der Waals surface area contributed by atoms with Gasteiger partial charge in [0.2, 0.25) is 5.91 Å². The number of nitrogens with two attached hydrogens (primary N) is 1. The first-order valence-electron chi connectivity index (χ1n) is 5.35. The third-order valence-electron chi connectivity index (χ3n) is 2.69. The van der Waals surface area contributed by atoms with Gasteiger partial charge >= 0.3 is 0 Å². The molecule has 86 valence electrons. The van der Waals surface area contributed by atoms with Crippen LogP contribution in [0.2, 0.25) is 0 Å². The highest BCUT2D eigenvalue weighted by atomic mass is 16.5. The molecule has 4 heteroatoms. The van der Waals surface area contributed by atoms with Crippen molar-refractivity contribution in [2.75, 3.05) is 13.2 Å². The van der Waals surface area contributed by atoms with E-state index in [1.807, 2.05) is 6.92 Å². The Morgan fingerprint density at radius 2 is 2.53 bits per heavy atom. The zero-order chi connectivity index (χ0) is 11.3. The average Bonchev–Trinajstić information content (AvgIpc) is 2.63. The van der Waals surface area contributed by atoms with Crippen molar-refractivity contribution in [3.63, 3.8) is 0 Å². The van der Waals surface area contributed by atoms with Crippen LogP contribution in [0, 0.1) is 0 Å². The average molecular weight is 212 g/mol. The van der Waals surface area contributed by atoms with Gasteiger partial charge in [0.15, 0.2) is 0 Å². The molecule has 1 rings (SSSR count). The third-order valence-corrected chi connectivity index (χ3v) is 2.69. The van der Waals surface area contributed by atoms with Gasteiger partial charge in [0.1, 0.15) is 0 Å². The lowest BCUT2D eigenvalue weighted by Crippen LogP contribution is -2.46. The molecule has 1 saturated heterocycles. The smallest absolute Gasteiger partial charge is 0.237 e. The number of hydrogen-bond donors (Lipinski definition) is 2. The summed E-state index contributed by atoms with van der Waals surface area (Å²) in [4.78, 5) is 11.5. The van der Waals surface area contributed by atoms with E-state index in [1.165, 1.54) is 0 Å². The molecule has 3 N–H and O–H groups in total. The molecule has 1 heterocycles. The van der Waals surface area contributed by atoms with Crippen molar-refractivity contribution >= 4 is 5.91 Å². The maximum atomic E-state index is 11.5. The van der Waals surface area contributed by atoms with E-state index in [0.717, 1.165) is 19.4 Å².